The van der Waals surface area contributed by atoms with Crippen molar-refractivity contribution in [3.05, 3.63) is 97.6 Å². The monoisotopic (exact) mass is 418 g/mol. The van der Waals surface area contributed by atoms with Crippen molar-refractivity contribution in [2.75, 3.05) is 0 Å². The third-order valence-corrected chi connectivity index (χ3v) is 3.68. The lowest BCUT2D eigenvalue weighted by atomic mass is 10.1. The fourth-order valence-electron chi connectivity index (χ4n) is 2.25. The highest BCUT2D eigenvalue weighted by atomic mass is 16.6. The van der Waals surface area contributed by atoms with Crippen molar-refractivity contribution in [1.29, 1.82) is 0 Å². The molecule has 2 aromatic rings. The lowest BCUT2D eigenvalue weighted by Crippen LogP contribution is -2.11. The smallest absolute Gasteiger partial charge is 0.335 e. The van der Waals surface area contributed by atoms with E-state index in [1.165, 1.54) is 30.4 Å². The van der Waals surface area contributed by atoms with Gasteiger partial charge in [-0.05, 0) is 35.9 Å². The first kappa shape index (κ1) is 22.8. The molecule has 0 unspecified atom stereocenters. The highest BCUT2D eigenvalue weighted by Gasteiger charge is 2.19. The molecule has 0 fully saturated rings. The third kappa shape index (κ3) is 6.50. The summed E-state index contributed by atoms with van der Waals surface area (Å²) in [4.78, 5) is 47.2. The molecule has 0 atom stereocenters. The fourth-order valence-corrected chi connectivity index (χ4v) is 2.25. The quantitative estimate of drug-likeness (QED) is 0.264. The van der Waals surface area contributed by atoms with Gasteiger partial charge in [0.25, 0.3) is 0 Å². The van der Waals surface area contributed by atoms with E-state index in [0.717, 1.165) is 18.2 Å². The summed E-state index contributed by atoms with van der Waals surface area (Å²) in [5.74, 6) is -2.72. The molecule has 7 heteroatoms. The molecule has 0 saturated heterocycles. The van der Waals surface area contributed by atoms with Crippen molar-refractivity contribution in [3.8, 4) is 17.2 Å². The zero-order chi connectivity index (χ0) is 22.8. The summed E-state index contributed by atoms with van der Waals surface area (Å²) >= 11 is 0. The molecule has 0 aliphatic heterocycles. The average molecular weight is 418 g/mol. The van der Waals surface area contributed by atoms with Crippen LogP contribution in [0.4, 0.5) is 0 Å². The number of ketones is 1. The number of esters is 3. The predicted octanol–water partition coefficient (Wildman–Crippen LogP) is 3.86. The van der Waals surface area contributed by atoms with E-state index >= 15 is 0 Å². The van der Waals surface area contributed by atoms with Crippen LogP contribution in [0.25, 0.3) is 6.08 Å². The molecule has 31 heavy (non-hydrogen) atoms. The molecule has 0 saturated carbocycles. The van der Waals surface area contributed by atoms with E-state index in [0.29, 0.717) is 11.3 Å². The van der Waals surface area contributed by atoms with Crippen LogP contribution in [0.3, 0.4) is 0 Å². The topological polar surface area (TPSA) is 96.0 Å². The van der Waals surface area contributed by atoms with Gasteiger partial charge in [0.15, 0.2) is 17.3 Å². The molecule has 0 aliphatic rings. The number of para-hydroxylation sites is 1. The number of benzene rings is 2. The number of carbonyl (C=O) groups is 4. The van der Waals surface area contributed by atoms with Crippen LogP contribution < -0.4 is 14.2 Å². The maximum absolute atomic E-state index is 12.7. The van der Waals surface area contributed by atoms with Crippen LogP contribution in [0.2, 0.25) is 0 Å². The normalized spacial score (nSPS) is 10.1. The highest BCUT2D eigenvalue weighted by Crippen LogP contribution is 2.32. The minimum atomic E-state index is -0.829. The number of hydrogen-bond donors (Lipinski definition) is 0. The van der Waals surface area contributed by atoms with Crippen LogP contribution in [-0.2, 0) is 14.4 Å². The molecule has 156 valence electrons. The molecule has 0 bridgehead atoms. The van der Waals surface area contributed by atoms with Gasteiger partial charge >= 0.3 is 17.9 Å². The van der Waals surface area contributed by atoms with Gasteiger partial charge < -0.3 is 14.2 Å². The molecule has 0 aromatic heterocycles. The van der Waals surface area contributed by atoms with Gasteiger partial charge in [0.05, 0.1) is 5.56 Å². The van der Waals surface area contributed by atoms with Crippen molar-refractivity contribution in [2.45, 2.75) is 0 Å². The zero-order valence-corrected chi connectivity index (χ0v) is 16.4. The molecule has 7 nitrogen and oxygen atoms in total. The van der Waals surface area contributed by atoms with Gasteiger partial charge in [-0.3, -0.25) is 4.79 Å². The molecule has 2 aromatic carbocycles. The second kappa shape index (κ2) is 10.9. The van der Waals surface area contributed by atoms with Gasteiger partial charge in [-0.1, -0.05) is 44.0 Å². The first-order chi connectivity index (χ1) is 14.9. The summed E-state index contributed by atoms with van der Waals surface area (Å²) < 4.78 is 15.2. The number of rotatable bonds is 9. The maximum Gasteiger partial charge on any atom is 0.335 e. The van der Waals surface area contributed by atoms with Crippen molar-refractivity contribution in [1.82, 2.24) is 0 Å². The third-order valence-electron chi connectivity index (χ3n) is 3.68. The predicted molar refractivity (Wildman–Crippen MR) is 114 cm³/mol. The Bertz CT molecular complexity index is 1080. The lowest BCUT2D eigenvalue weighted by molar-refractivity contribution is -0.131. The van der Waals surface area contributed by atoms with Crippen LogP contribution in [-0.4, -0.2) is 23.7 Å². The summed E-state index contributed by atoms with van der Waals surface area (Å²) in [6.07, 6.45) is 5.66. The Kier molecular flexibility index (Phi) is 7.98. The van der Waals surface area contributed by atoms with E-state index in [1.807, 2.05) is 0 Å². The van der Waals surface area contributed by atoms with E-state index in [1.54, 1.807) is 24.3 Å². The van der Waals surface area contributed by atoms with Crippen molar-refractivity contribution in [2.24, 2.45) is 0 Å². The number of carbonyl (C=O) groups excluding carboxylic acids is 4. The first-order valence-corrected chi connectivity index (χ1v) is 8.86. The van der Waals surface area contributed by atoms with Gasteiger partial charge in [0.1, 0.15) is 5.75 Å². The van der Waals surface area contributed by atoms with Crippen LogP contribution in [0, 0.1) is 0 Å². The van der Waals surface area contributed by atoms with E-state index < -0.39 is 23.7 Å². The minimum absolute atomic E-state index is 0.00246. The van der Waals surface area contributed by atoms with Gasteiger partial charge in [0, 0.05) is 18.2 Å². The van der Waals surface area contributed by atoms with Crippen molar-refractivity contribution < 1.29 is 33.4 Å². The summed E-state index contributed by atoms with van der Waals surface area (Å²) in [5, 5.41) is 0. The Hall–Kier alpha value is -4.52. The van der Waals surface area contributed by atoms with Gasteiger partial charge in [0.2, 0.25) is 0 Å². The van der Waals surface area contributed by atoms with Crippen molar-refractivity contribution >= 4 is 29.8 Å². The van der Waals surface area contributed by atoms with Crippen molar-refractivity contribution in [3.63, 3.8) is 0 Å². The Labute approximate surface area is 178 Å². The fraction of sp³-hybridized carbons (Fsp3) is 0. The van der Waals surface area contributed by atoms with Gasteiger partial charge in [-0.2, -0.15) is 0 Å². The first-order valence-electron chi connectivity index (χ1n) is 8.86. The maximum atomic E-state index is 12.7. The highest BCUT2D eigenvalue weighted by molar-refractivity contribution is 6.09. The van der Waals surface area contributed by atoms with Crippen LogP contribution >= 0.6 is 0 Å². The number of ether oxygens (including phenoxy) is 3. The molecule has 0 aliphatic carbocycles. The Morgan fingerprint density at radius 3 is 1.90 bits per heavy atom. The zero-order valence-electron chi connectivity index (χ0n) is 16.4. The average Bonchev–Trinajstić information content (AvgIpc) is 2.79. The van der Waals surface area contributed by atoms with E-state index in [2.05, 4.69) is 19.7 Å². The summed E-state index contributed by atoms with van der Waals surface area (Å²) in [7, 11) is 0. The second-order valence-electron chi connectivity index (χ2n) is 5.78. The standard InChI is InChI=1S/C24H18O7/c1-4-21(26)29-17-13-10-16(11-14-17)12-15-19(25)18-8-7-9-20(30-22(27)5-2)24(18)31-23(28)6-3/h4-15H,1-3H2/b15-12+. The molecule has 0 heterocycles. The SMILES string of the molecule is C=CC(=O)Oc1ccc(/C=C/C(=O)c2cccc(OC(=O)C=C)c2OC(=O)C=C)cc1. The summed E-state index contributed by atoms with van der Waals surface area (Å²) in [6.45, 7) is 9.93. The lowest BCUT2D eigenvalue weighted by Gasteiger charge is -2.11. The number of hydrogen-bond acceptors (Lipinski definition) is 7. The molecular weight excluding hydrogens is 400 g/mol. The molecule has 0 N–H and O–H groups in total. The van der Waals surface area contributed by atoms with Gasteiger partial charge in [-0.15, -0.1) is 0 Å². The Balaban J connectivity index is 2.29. The molecule has 0 radical (unpaired) electrons. The van der Waals surface area contributed by atoms with Gasteiger partial charge in [-0.25, -0.2) is 14.4 Å². The largest absolute Gasteiger partial charge is 0.423 e. The summed E-state index contributed by atoms with van der Waals surface area (Å²) in [6, 6.07) is 10.6. The minimum Gasteiger partial charge on any atom is -0.423 e. The van der Waals surface area contributed by atoms with E-state index in [4.69, 9.17) is 14.2 Å². The number of allylic oxidation sites excluding steroid dienone is 1. The Morgan fingerprint density at radius 1 is 0.710 bits per heavy atom. The van der Waals surface area contributed by atoms with Crippen LogP contribution in [0.15, 0.2) is 86.5 Å². The molecule has 0 spiro atoms. The Morgan fingerprint density at radius 2 is 1.29 bits per heavy atom. The van der Waals surface area contributed by atoms with Crippen LogP contribution in [0.1, 0.15) is 15.9 Å². The van der Waals surface area contributed by atoms with E-state index in [-0.39, 0.29) is 17.1 Å². The molecular formula is C24H18O7. The summed E-state index contributed by atoms with van der Waals surface area (Å²) in [5.41, 5.74) is 0.642. The van der Waals surface area contributed by atoms with Crippen LogP contribution in [0.5, 0.6) is 17.2 Å². The molecule has 0 amide bonds. The second-order valence-corrected chi connectivity index (χ2v) is 5.78. The molecule has 2 rings (SSSR count). The van der Waals surface area contributed by atoms with E-state index in [9.17, 15) is 19.2 Å².